The quantitative estimate of drug-likeness (QED) is 0.717. The molecule has 3 aromatic rings. The molecule has 0 aliphatic carbocycles. The third-order valence-corrected chi connectivity index (χ3v) is 5.88. The van der Waals surface area contributed by atoms with Crippen LogP contribution in [0.2, 0.25) is 0 Å². The Balaban J connectivity index is 1.63. The molecule has 118 valence electrons. The Morgan fingerprint density at radius 3 is 2.39 bits per heavy atom. The van der Waals surface area contributed by atoms with E-state index < -0.39 is 10.0 Å². The van der Waals surface area contributed by atoms with Gasteiger partial charge in [0.1, 0.15) is 4.21 Å². The number of anilines is 2. The summed E-state index contributed by atoms with van der Waals surface area (Å²) >= 11 is 1.19. The molecular weight excluding hydrogens is 330 g/mol. The number of sulfonamides is 1. The molecule has 23 heavy (non-hydrogen) atoms. The lowest BCUT2D eigenvalue weighted by Gasteiger charge is -2.09. The Morgan fingerprint density at radius 2 is 1.74 bits per heavy atom. The summed E-state index contributed by atoms with van der Waals surface area (Å²) in [4.78, 5) is 4.24. The number of rotatable bonds is 6. The number of nitrogens with zero attached hydrogens (tertiary/aromatic N) is 1. The minimum Gasteiger partial charge on any atom is -0.379 e. The SMILES string of the molecule is O=S(=O)(Nc1ccc(NCc2ccccn2)cc1)c1cccs1. The van der Waals surface area contributed by atoms with Gasteiger partial charge in [-0.3, -0.25) is 9.71 Å². The van der Waals surface area contributed by atoms with Crippen LogP contribution in [-0.4, -0.2) is 13.4 Å². The van der Waals surface area contributed by atoms with Crippen LogP contribution in [0.15, 0.2) is 70.4 Å². The predicted octanol–water partition coefficient (Wildman–Crippen LogP) is 3.56. The van der Waals surface area contributed by atoms with Gasteiger partial charge in [-0.2, -0.15) is 0 Å². The zero-order chi connectivity index (χ0) is 16.1. The van der Waals surface area contributed by atoms with Gasteiger partial charge in [0.2, 0.25) is 0 Å². The van der Waals surface area contributed by atoms with Gasteiger partial charge in [-0.1, -0.05) is 12.1 Å². The van der Waals surface area contributed by atoms with Gasteiger partial charge in [-0.25, -0.2) is 8.42 Å². The van der Waals surface area contributed by atoms with Gasteiger partial charge >= 0.3 is 0 Å². The van der Waals surface area contributed by atoms with Crippen LogP contribution in [0.3, 0.4) is 0 Å². The number of benzene rings is 1. The number of pyridine rings is 1. The molecule has 3 rings (SSSR count). The van der Waals surface area contributed by atoms with E-state index in [9.17, 15) is 8.42 Å². The zero-order valence-corrected chi connectivity index (χ0v) is 13.8. The van der Waals surface area contributed by atoms with Gasteiger partial charge in [-0.05, 0) is 47.8 Å². The molecule has 5 nitrogen and oxygen atoms in total. The van der Waals surface area contributed by atoms with Crippen LogP contribution in [0.4, 0.5) is 11.4 Å². The standard InChI is InChI=1S/C16H15N3O2S2/c20-23(21,16-5-3-11-22-16)19-14-8-6-13(7-9-14)18-12-15-4-1-2-10-17-15/h1-11,18-19H,12H2. The first-order valence-corrected chi connectivity index (χ1v) is 9.30. The fourth-order valence-corrected chi connectivity index (χ4v) is 4.02. The molecule has 0 fully saturated rings. The van der Waals surface area contributed by atoms with Crippen molar-refractivity contribution >= 4 is 32.7 Å². The molecule has 2 N–H and O–H groups in total. The van der Waals surface area contributed by atoms with Gasteiger partial charge in [0, 0.05) is 17.6 Å². The fraction of sp³-hybridized carbons (Fsp3) is 0.0625. The molecule has 0 bridgehead atoms. The third-order valence-electron chi connectivity index (χ3n) is 3.10. The highest BCUT2D eigenvalue weighted by molar-refractivity contribution is 7.94. The molecule has 0 aliphatic rings. The van der Waals surface area contributed by atoms with Crippen molar-refractivity contribution in [2.45, 2.75) is 10.8 Å². The third kappa shape index (κ3) is 4.08. The summed E-state index contributed by atoms with van der Waals surface area (Å²) in [5.41, 5.74) is 2.37. The first kappa shape index (κ1) is 15.5. The molecule has 0 unspecified atom stereocenters. The van der Waals surface area contributed by atoms with Crippen molar-refractivity contribution in [2.24, 2.45) is 0 Å². The van der Waals surface area contributed by atoms with Crippen LogP contribution < -0.4 is 10.0 Å². The molecular formula is C16H15N3O2S2. The van der Waals surface area contributed by atoms with E-state index in [0.717, 1.165) is 11.4 Å². The van der Waals surface area contributed by atoms with Crippen LogP contribution in [0.1, 0.15) is 5.69 Å². The molecule has 0 radical (unpaired) electrons. The van der Waals surface area contributed by atoms with Gasteiger partial charge in [-0.15, -0.1) is 11.3 Å². The summed E-state index contributed by atoms with van der Waals surface area (Å²) in [6.07, 6.45) is 1.75. The van der Waals surface area contributed by atoms with Gasteiger partial charge in [0.15, 0.2) is 0 Å². The van der Waals surface area contributed by atoms with Gasteiger partial charge in [0.05, 0.1) is 12.2 Å². The lowest BCUT2D eigenvalue weighted by Crippen LogP contribution is -2.11. The van der Waals surface area contributed by atoms with Crippen molar-refractivity contribution in [3.05, 3.63) is 71.9 Å². The van der Waals surface area contributed by atoms with Gasteiger partial charge < -0.3 is 5.32 Å². The molecule has 0 amide bonds. The summed E-state index contributed by atoms with van der Waals surface area (Å²) in [5, 5.41) is 4.98. The minimum atomic E-state index is -3.50. The smallest absolute Gasteiger partial charge is 0.271 e. The van der Waals surface area contributed by atoms with Crippen molar-refractivity contribution in [3.63, 3.8) is 0 Å². The minimum absolute atomic E-state index is 0.301. The lowest BCUT2D eigenvalue weighted by atomic mass is 10.3. The van der Waals surface area contributed by atoms with Gasteiger partial charge in [0.25, 0.3) is 10.0 Å². The van der Waals surface area contributed by atoms with Crippen molar-refractivity contribution in [2.75, 3.05) is 10.0 Å². The lowest BCUT2D eigenvalue weighted by molar-refractivity contribution is 0.603. The molecule has 0 saturated carbocycles. The Bertz CT molecular complexity index is 846. The van der Waals surface area contributed by atoms with E-state index in [-0.39, 0.29) is 0 Å². The first-order chi connectivity index (χ1) is 11.1. The van der Waals surface area contributed by atoms with Crippen LogP contribution in [0.25, 0.3) is 0 Å². The fourth-order valence-electron chi connectivity index (χ4n) is 1.97. The average molecular weight is 345 g/mol. The maximum absolute atomic E-state index is 12.1. The van der Waals surface area contributed by atoms with E-state index >= 15 is 0 Å². The second-order valence-electron chi connectivity index (χ2n) is 4.79. The summed E-state index contributed by atoms with van der Waals surface area (Å²) in [5.74, 6) is 0. The Morgan fingerprint density at radius 1 is 0.957 bits per heavy atom. The van der Waals surface area contributed by atoms with E-state index in [2.05, 4.69) is 15.0 Å². The highest BCUT2D eigenvalue weighted by Gasteiger charge is 2.14. The van der Waals surface area contributed by atoms with Crippen molar-refractivity contribution in [3.8, 4) is 0 Å². The highest BCUT2D eigenvalue weighted by Crippen LogP contribution is 2.21. The van der Waals surface area contributed by atoms with Crippen LogP contribution in [-0.2, 0) is 16.6 Å². The molecule has 0 saturated heterocycles. The maximum atomic E-state index is 12.1. The van der Waals surface area contributed by atoms with E-state index in [4.69, 9.17) is 0 Å². The maximum Gasteiger partial charge on any atom is 0.271 e. The average Bonchev–Trinajstić information content (AvgIpc) is 3.10. The highest BCUT2D eigenvalue weighted by atomic mass is 32.2. The van der Waals surface area contributed by atoms with E-state index in [0.29, 0.717) is 16.4 Å². The molecule has 0 spiro atoms. The number of hydrogen-bond donors (Lipinski definition) is 2. The number of hydrogen-bond acceptors (Lipinski definition) is 5. The van der Waals surface area contributed by atoms with E-state index in [1.54, 1.807) is 35.8 Å². The monoisotopic (exact) mass is 345 g/mol. The largest absolute Gasteiger partial charge is 0.379 e. The molecule has 2 heterocycles. The van der Waals surface area contributed by atoms with E-state index in [1.165, 1.54) is 11.3 Å². The predicted molar refractivity (Wildman–Crippen MR) is 93.1 cm³/mol. The number of thiophene rings is 1. The number of nitrogens with one attached hydrogen (secondary N) is 2. The van der Waals surface area contributed by atoms with Crippen LogP contribution >= 0.6 is 11.3 Å². The molecule has 1 aromatic carbocycles. The molecule has 7 heteroatoms. The first-order valence-electron chi connectivity index (χ1n) is 6.94. The normalized spacial score (nSPS) is 11.1. The second-order valence-corrected chi connectivity index (χ2v) is 7.65. The van der Waals surface area contributed by atoms with Crippen molar-refractivity contribution in [1.82, 2.24) is 4.98 Å². The second kappa shape index (κ2) is 6.80. The van der Waals surface area contributed by atoms with Crippen LogP contribution in [0.5, 0.6) is 0 Å². The van der Waals surface area contributed by atoms with Crippen molar-refractivity contribution < 1.29 is 8.42 Å². The summed E-state index contributed by atoms with van der Waals surface area (Å²) in [6, 6.07) is 16.2. The summed E-state index contributed by atoms with van der Waals surface area (Å²) in [6.45, 7) is 0.612. The summed E-state index contributed by atoms with van der Waals surface area (Å²) in [7, 11) is -3.50. The Hall–Kier alpha value is -2.38. The zero-order valence-electron chi connectivity index (χ0n) is 12.1. The summed E-state index contributed by atoms with van der Waals surface area (Å²) < 4.78 is 27.1. The molecule has 0 atom stereocenters. The van der Waals surface area contributed by atoms with Crippen LogP contribution in [0, 0.1) is 0 Å². The number of aromatic nitrogens is 1. The molecule has 2 aromatic heterocycles. The molecule has 0 aliphatic heterocycles. The Kier molecular flexibility index (Phi) is 4.59. The van der Waals surface area contributed by atoms with Crippen molar-refractivity contribution in [1.29, 1.82) is 0 Å². The van der Waals surface area contributed by atoms with E-state index in [1.807, 2.05) is 30.3 Å². The topological polar surface area (TPSA) is 71.1 Å². The Labute approximate surface area is 139 Å².